The molecule has 1 aromatic carbocycles. The highest BCUT2D eigenvalue weighted by atomic mass is 32.2. The molecule has 26 heavy (non-hydrogen) atoms. The van der Waals surface area contributed by atoms with E-state index in [1.54, 1.807) is 31.3 Å². The van der Waals surface area contributed by atoms with E-state index in [0.717, 1.165) is 30.5 Å². The lowest BCUT2D eigenvalue weighted by Gasteiger charge is -2.25. The van der Waals surface area contributed by atoms with Crippen LogP contribution in [0.4, 0.5) is 5.82 Å². The summed E-state index contributed by atoms with van der Waals surface area (Å²) in [5, 5.41) is 0. The van der Waals surface area contributed by atoms with Crippen LogP contribution in [-0.4, -0.2) is 31.9 Å². The molecule has 0 aliphatic carbocycles. The Balaban J connectivity index is 1.94. The summed E-state index contributed by atoms with van der Waals surface area (Å²) in [5.74, 6) is -0.116. The number of carbonyl (C=O) groups is 1. The molecule has 1 N–H and O–H groups in total. The molecule has 0 radical (unpaired) electrons. The normalized spacial score (nSPS) is 17.3. The van der Waals surface area contributed by atoms with Gasteiger partial charge in [-0.15, -0.1) is 0 Å². The zero-order valence-electron chi connectivity index (χ0n) is 15.2. The molecular weight excluding hydrogens is 350 g/mol. The Hall–Kier alpha value is -2.41. The lowest BCUT2D eigenvalue weighted by molar-refractivity contribution is 0.0981. The minimum atomic E-state index is -3.94. The Morgan fingerprint density at radius 3 is 2.65 bits per heavy atom. The number of hydrogen-bond donors (Lipinski definition) is 1. The van der Waals surface area contributed by atoms with Gasteiger partial charge in [0.25, 0.3) is 15.9 Å². The minimum Gasteiger partial charge on any atom is -0.353 e. The first-order valence-corrected chi connectivity index (χ1v) is 10.1. The van der Waals surface area contributed by atoms with Gasteiger partial charge in [0.2, 0.25) is 0 Å². The van der Waals surface area contributed by atoms with Gasteiger partial charge in [-0.25, -0.2) is 18.1 Å². The molecule has 1 fully saturated rings. The summed E-state index contributed by atoms with van der Waals surface area (Å²) in [5.41, 5.74) is 1.90. The highest BCUT2D eigenvalue weighted by Crippen LogP contribution is 2.27. The monoisotopic (exact) mass is 373 g/mol. The van der Waals surface area contributed by atoms with Gasteiger partial charge in [0, 0.05) is 18.8 Å². The number of benzene rings is 1. The Morgan fingerprint density at radius 1 is 1.23 bits per heavy atom. The van der Waals surface area contributed by atoms with E-state index < -0.39 is 15.9 Å². The number of anilines is 1. The zero-order chi connectivity index (χ0) is 18.9. The van der Waals surface area contributed by atoms with Crippen LogP contribution in [0.1, 0.15) is 41.3 Å². The maximum atomic E-state index is 12.8. The number of amides is 1. The molecule has 1 atom stereocenters. The topological polar surface area (TPSA) is 79.4 Å². The highest BCUT2D eigenvalue weighted by molar-refractivity contribution is 7.90. The van der Waals surface area contributed by atoms with Crippen LogP contribution in [0.3, 0.4) is 0 Å². The predicted octanol–water partition coefficient (Wildman–Crippen LogP) is 2.81. The van der Waals surface area contributed by atoms with Crippen LogP contribution in [0.2, 0.25) is 0 Å². The smallest absolute Gasteiger partial charge is 0.268 e. The van der Waals surface area contributed by atoms with Crippen molar-refractivity contribution in [2.75, 3.05) is 11.4 Å². The first kappa shape index (κ1) is 18.4. The van der Waals surface area contributed by atoms with Crippen molar-refractivity contribution >= 4 is 21.7 Å². The molecule has 0 spiro atoms. The van der Waals surface area contributed by atoms with Crippen molar-refractivity contribution in [1.29, 1.82) is 0 Å². The molecule has 0 bridgehead atoms. The molecule has 0 saturated carbocycles. The summed E-state index contributed by atoms with van der Waals surface area (Å²) in [6.07, 6.45) is 3.75. The SMILES string of the molecule is Cc1cccc(S(=O)(=O)NC(=O)c2cc(C)cnc2N2CCCC2C)c1. The zero-order valence-corrected chi connectivity index (χ0v) is 16.0. The van der Waals surface area contributed by atoms with Gasteiger partial charge in [0.15, 0.2) is 0 Å². The highest BCUT2D eigenvalue weighted by Gasteiger charge is 2.28. The third-order valence-electron chi connectivity index (χ3n) is 4.60. The molecule has 1 aromatic heterocycles. The third kappa shape index (κ3) is 3.72. The maximum absolute atomic E-state index is 12.8. The van der Waals surface area contributed by atoms with Crippen LogP contribution in [0, 0.1) is 13.8 Å². The van der Waals surface area contributed by atoms with Gasteiger partial charge in [-0.3, -0.25) is 4.79 Å². The molecule has 1 aliphatic rings. The first-order chi connectivity index (χ1) is 12.3. The second-order valence-electron chi connectivity index (χ2n) is 6.82. The lowest BCUT2D eigenvalue weighted by Crippen LogP contribution is -2.34. The fourth-order valence-electron chi connectivity index (χ4n) is 3.22. The number of nitrogens with zero attached hydrogens (tertiary/aromatic N) is 2. The second kappa shape index (κ2) is 7.07. The summed E-state index contributed by atoms with van der Waals surface area (Å²) >= 11 is 0. The van der Waals surface area contributed by atoms with E-state index in [1.165, 1.54) is 12.1 Å². The van der Waals surface area contributed by atoms with Crippen molar-refractivity contribution < 1.29 is 13.2 Å². The van der Waals surface area contributed by atoms with Crippen LogP contribution in [0.5, 0.6) is 0 Å². The summed E-state index contributed by atoms with van der Waals surface area (Å²) < 4.78 is 27.4. The quantitative estimate of drug-likeness (QED) is 0.891. The third-order valence-corrected chi connectivity index (χ3v) is 5.93. The van der Waals surface area contributed by atoms with Gasteiger partial charge in [-0.05, 0) is 62.9 Å². The van der Waals surface area contributed by atoms with Crippen LogP contribution in [0.15, 0.2) is 41.4 Å². The van der Waals surface area contributed by atoms with Crippen LogP contribution >= 0.6 is 0 Å². The van der Waals surface area contributed by atoms with Crippen LogP contribution in [-0.2, 0) is 10.0 Å². The molecule has 1 amide bonds. The van der Waals surface area contributed by atoms with Gasteiger partial charge >= 0.3 is 0 Å². The van der Waals surface area contributed by atoms with E-state index in [9.17, 15) is 13.2 Å². The molecule has 2 aromatic rings. The molecule has 3 rings (SSSR count). The van der Waals surface area contributed by atoms with E-state index in [0.29, 0.717) is 5.82 Å². The lowest BCUT2D eigenvalue weighted by atomic mass is 10.1. The number of pyridine rings is 1. The standard InChI is InChI=1S/C19H23N3O3S/c1-13-6-4-8-16(10-13)26(24,25)21-19(23)17-11-14(2)12-20-18(17)22-9-5-7-15(22)3/h4,6,8,10-12,15H,5,7,9H2,1-3H3,(H,21,23). The van der Waals surface area contributed by atoms with Crippen molar-refractivity contribution in [2.45, 2.75) is 44.6 Å². The number of carbonyl (C=O) groups excluding carboxylic acids is 1. The molecule has 1 aliphatic heterocycles. The average molecular weight is 373 g/mol. The van der Waals surface area contributed by atoms with Gasteiger partial charge in [0.1, 0.15) is 5.82 Å². The summed E-state index contributed by atoms with van der Waals surface area (Å²) in [4.78, 5) is 19.4. The Bertz CT molecular complexity index is 941. The molecular formula is C19H23N3O3S. The van der Waals surface area contributed by atoms with Crippen molar-refractivity contribution in [3.8, 4) is 0 Å². The molecule has 6 nitrogen and oxygen atoms in total. The van der Waals surface area contributed by atoms with Gasteiger partial charge in [-0.1, -0.05) is 12.1 Å². The molecule has 1 saturated heterocycles. The van der Waals surface area contributed by atoms with Crippen molar-refractivity contribution in [3.05, 3.63) is 53.2 Å². The van der Waals surface area contributed by atoms with Gasteiger partial charge < -0.3 is 4.90 Å². The minimum absolute atomic E-state index is 0.0718. The fraction of sp³-hybridized carbons (Fsp3) is 0.368. The largest absolute Gasteiger partial charge is 0.353 e. The number of aromatic nitrogens is 1. The summed E-state index contributed by atoms with van der Waals surface area (Å²) in [6.45, 7) is 6.52. The van der Waals surface area contributed by atoms with Crippen LogP contribution in [0.25, 0.3) is 0 Å². The Labute approximate surface area is 154 Å². The molecule has 2 heterocycles. The number of hydrogen-bond acceptors (Lipinski definition) is 5. The Morgan fingerprint density at radius 2 is 2.00 bits per heavy atom. The summed E-state index contributed by atoms with van der Waals surface area (Å²) in [7, 11) is -3.94. The average Bonchev–Trinajstić information content (AvgIpc) is 3.00. The Kier molecular flexibility index (Phi) is 5.00. The van der Waals surface area contributed by atoms with Crippen molar-refractivity contribution in [2.24, 2.45) is 0 Å². The first-order valence-electron chi connectivity index (χ1n) is 8.65. The van der Waals surface area contributed by atoms with E-state index >= 15 is 0 Å². The molecule has 7 heteroatoms. The van der Waals surface area contributed by atoms with E-state index in [2.05, 4.69) is 21.5 Å². The van der Waals surface area contributed by atoms with Gasteiger partial charge in [-0.2, -0.15) is 0 Å². The number of rotatable bonds is 4. The second-order valence-corrected chi connectivity index (χ2v) is 8.50. The number of aryl methyl sites for hydroxylation is 2. The van der Waals surface area contributed by atoms with E-state index in [-0.39, 0.29) is 16.5 Å². The number of nitrogens with one attached hydrogen (secondary N) is 1. The predicted molar refractivity (Wildman–Crippen MR) is 101 cm³/mol. The van der Waals surface area contributed by atoms with Crippen molar-refractivity contribution in [3.63, 3.8) is 0 Å². The fourth-order valence-corrected chi connectivity index (χ4v) is 4.29. The number of sulfonamides is 1. The van der Waals surface area contributed by atoms with Gasteiger partial charge in [0.05, 0.1) is 10.5 Å². The van der Waals surface area contributed by atoms with E-state index in [4.69, 9.17) is 0 Å². The summed E-state index contributed by atoms with van der Waals surface area (Å²) in [6, 6.07) is 8.42. The van der Waals surface area contributed by atoms with E-state index in [1.807, 2.05) is 6.92 Å². The maximum Gasteiger partial charge on any atom is 0.268 e. The molecule has 138 valence electrons. The van der Waals surface area contributed by atoms with Crippen molar-refractivity contribution in [1.82, 2.24) is 9.71 Å². The molecule has 1 unspecified atom stereocenters. The van der Waals surface area contributed by atoms with Crippen LogP contribution < -0.4 is 9.62 Å².